The van der Waals surface area contributed by atoms with Crippen molar-refractivity contribution in [1.82, 2.24) is 0 Å². The first-order chi connectivity index (χ1) is 18.9. The van der Waals surface area contributed by atoms with Crippen LogP contribution in [0.3, 0.4) is 0 Å². The van der Waals surface area contributed by atoms with Crippen LogP contribution in [0.5, 0.6) is 0 Å². The summed E-state index contributed by atoms with van der Waals surface area (Å²) in [6.45, 7) is 4.21. The molecule has 2 unspecified atom stereocenters. The number of nitrogens with one attached hydrogen (secondary N) is 1. The summed E-state index contributed by atoms with van der Waals surface area (Å²) in [7, 11) is 13.6. The van der Waals surface area contributed by atoms with Gasteiger partial charge in [0.1, 0.15) is 12.1 Å². The Morgan fingerprint density at radius 1 is 0.825 bits per heavy atom. The average molecular weight is 545 g/mol. The Hall–Kier alpha value is -3.69. The average Bonchev–Trinajstić information content (AvgIpc) is 3.59. The fourth-order valence-electron chi connectivity index (χ4n) is 5.66. The molecule has 0 amide bonds. The second kappa shape index (κ2) is 10.7. The van der Waals surface area contributed by atoms with Crippen molar-refractivity contribution in [2.45, 2.75) is 24.9 Å². The summed E-state index contributed by atoms with van der Waals surface area (Å²) < 4.78 is 1.95. The molecule has 3 aliphatic heterocycles. The lowest BCUT2D eigenvalue weighted by Crippen LogP contribution is -2.46. The highest BCUT2D eigenvalue weighted by atomic mass is 16.1. The minimum atomic E-state index is -0.322. The molecule has 0 spiro atoms. The smallest absolute Gasteiger partial charge is 0.222 e. The predicted octanol–water partition coefficient (Wildman–Crippen LogP) is 3.22. The molecule has 0 aromatic heterocycles. The second-order valence-corrected chi connectivity index (χ2v) is 13.1. The number of amidine groups is 2. The van der Waals surface area contributed by atoms with Gasteiger partial charge < -0.3 is 29.8 Å². The van der Waals surface area contributed by atoms with E-state index in [2.05, 4.69) is 86.7 Å². The number of rotatable bonds is 7. The summed E-state index contributed by atoms with van der Waals surface area (Å²) in [5.41, 5.74) is 10.5. The van der Waals surface area contributed by atoms with E-state index in [-0.39, 0.29) is 11.6 Å². The number of carbonyl (C=O) groups is 1. The number of anilines is 3. The van der Waals surface area contributed by atoms with Crippen molar-refractivity contribution in [1.29, 1.82) is 0 Å². The molecule has 0 saturated carbocycles. The molecule has 2 fully saturated rings. The SMILES string of the molecule is C[N+](C)(C)C1CCN(c2ccc(N=C3N=C(N)C(=O)C=C3Nc3ccc(N4CCC([N+](C)(C)C)C4)cc3)cc2)C1. The van der Waals surface area contributed by atoms with Gasteiger partial charge in [-0.05, 0) is 48.5 Å². The van der Waals surface area contributed by atoms with E-state index in [9.17, 15) is 4.79 Å². The van der Waals surface area contributed by atoms with E-state index in [1.165, 1.54) is 30.3 Å². The van der Waals surface area contributed by atoms with E-state index in [4.69, 9.17) is 10.7 Å². The third kappa shape index (κ3) is 6.21. The van der Waals surface area contributed by atoms with Crippen molar-refractivity contribution < 1.29 is 13.8 Å². The standard InChI is InChI=1S/C31H43N8O/c1-38(2,3)26-15-17-36(20-26)24-11-7-22(8-12-24)33-28-19-29(40)30(32)35-31(28)34-23-9-13-25(14-10-23)37-18-16-27(21-37)39(4,5)6/h7-14,19,26-27H,15-18,20-21H2,1-6H3,(H2-,32,33,34,35,40)/q+1/p+1. The molecule has 2 saturated heterocycles. The van der Waals surface area contributed by atoms with E-state index < -0.39 is 0 Å². The molecule has 3 N–H and O–H groups in total. The van der Waals surface area contributed by atoms with Crippen LogP contribution >= 0.6 is 0 Å². The first kappa shape index (κ1) is 27.9. The van der Waals surface area contributed by atoms with Crippen LogP contribution in [0.15, 0.2) is 70.3 Å². The normalized spacial score (nSPS) is 23.1. The molecule has 0 aliphatic carbocycles. The topological polar surface area (TPSA) is 86.3 Å². The zero-order chi connectivity index (χ0) is 28.7. The van der Waals surface area contributed by atoms with Crippen molar-refractivity contribution >= 4 is 40.2 Å². The molecule has 3 aliphatic rings. The van der Waals surface area contributed by atoms with Gasteiger partial charge in [-0.1, -0.05) is 0 Å². The summed E-state index contributed by atoms with van der Waals surface area (Å²) in [5, 5.41) is 3.34. The van der Waals surface area contributed by atoms with Crippen molar-refractivity contribution in [2.75, 3.05) is 83.6 Å². The van der Waals surface area contributed by atoms with Gasteiger partial charge in [-0.25, -0.2) is 9.98 Å². The number of hydrogen-bond acceptors (Lipinski definition) is 6. The highest BCUT2D eigenvalue weighted by Crippen LogP contribution is 2.28. The molecular formula is C31H44N8O+2. The lowest BCUT2D eigenvalue weighted by molar-refractivity contribution is -0.893. The Kier molecular flexibility index (Phi) is 7.46. The molecule has 3 heterocycles. The highest BCUT2D eigenvalue weighted by Gasteiger charge is 2.33. The van der Waals surface area contributed by atoms with Crippen molar-refractivity contribution in [3.63, 3.8) is 0 Å². The maximum absolute atomic E-state index is 12.4. The first-order valence-corrected chi connectivity index (χ1v) is 14.2. The van der Waals surface area contributed by atoms with Crippen molar-refractivity contribution in [3.8, 4) is 0 Å². The van der Waals surface area contributed by atoms with Gasteiger partial charge in [-0.3, -0.25) is 4.79 Å². The molecule has 212 valence electrons. The molecule has 0 bridgehead atoms. The molecule has 9 nitrogen and oxygen atoms in total. The molecule has 2 atom stereocenters. The molecule has 2 aromatic carbocycles. The largest absolute Gasteiger partial charge is 0.380 e. The molecule has 40 heavy (non-hydrogen) atoms. The van der Waals surface area contributed by atoms with Crippen LogP contribution in [0.25, 0.3) is 0 Å². The molecule has 9 heteroatoms. The van der Waals surface area contributed by atoms with Crippen LogP contribution in [-0.2, 0) is 4.79 Å². The fraction of sp³-hybridized carbons (Fsp3) is 0.452. The number of dihydropyridines is 1. The zero-order valence-corrected chi connectivity index (χ0v) is 24.8. The van der Waals surface area contributed by atoms with Gasteiger partial charge in [-0.15, -0.1) is 0 Å². The first-order valence-electron chi connectivity index (χ1n) is 14.2. The minimum Gasteiger partial charge on any atom is -0.380 e. The monoisotopic (exact) mass is 544 g/mol. The van der Waals surface area contributed by atoms with Gasteiger partial charge in [0.2, 0.25) is 5.78 Å². The third-order valence-corrected chi connectivity index (χ3v) is 8.47. The second-order valence-electron chi connectivity index (χ2n) is 13.1. The van der Waals surface area contributed by atoms with Crippen LogP contribution in [0, 0.1) is 0 Å². The van der Waals surface area contributed by atoms with E-state index in [1.807, 2.05) is 24.3 Å². The number of quaternary nitrogens is 2. The number of benzene rings is 2. The molecule has 2 aromatic rings. The van der Waals surface area contributed by atoms with E-state index in [0.717, 1.165) is 46.5 Å². The van der Waals surface area contributed by atoms with E-state index >= 15 is 0 Å². The number of aliphatic imine (C=N–C) groups is 2. The number of nitrogens with zero attached hydrogens (tertiary/aromatic N) is 6. The zero-order valence-electron chi connectivity index (χ0n) is 24.8. The summed E-state index contributed by atoms with van der Waals surface area (Å²) in [6.07, 6.45) is 3.85. The van der Waals surface area contributed by atoms with E-state index in [0.29, 0.717) is 23.6 Å². The lowest BCUT2D eigenvalue weighted by atomic mass is 10.2. The molecule has 0 radical (unpaired) electrons. The van der Waals surface area contributed by atoms with Crippen LogP contribution in [0.4, 0.5) is 22.7 Å². The van der Waals surface area contributed by atoms with E-state index in [1.54, 1.807) is 0 Å². The third-order valence-electron chi connectivity index (χ3n) is 8.47. The maximum Gasteiger partial charge on any atom is 0.222 e. The Balaban J connectivity index is 1.28. The molecular weight excluding hydrogens is 500 g/mol. The van der Waals surface area contributed by atoms with Crippen LogP contribution < -0.4 is 20.9 Å². The van der Waals surface area contributed by atoms with Gasteiger partial charge in [-0.2, -0.15) is 0 Å². The van der Waals surface area contributed by atoms with Crippen LogP contribution in [0.2, 0.25) is 0 Å². The van der Waals surface area contributed by atoms with Crippen molar-refractivity contribution in [3.05, 3.63) is 60.3 Å². The lowest BCUT2D eigenvalue weighted by Gasteiger charge is -2.31. The number of nitrogens with two attached hydrogens (primary N) is 1. The van der Waals surface area contributed by atoms with Gasteiger partial charge in [0.15, 0.2) is 11.7 Å². The quantitative estimate of drug-likeness (QED) is 0.523. The van der Waals surface area contributed by atoms with Gasteiger partial charge in [0, 0.05) is 49.1 Å². The number of hydrogen-bond donors (Lipinski definition) is 2. The Bertz CT molecular complexity index is 1330. The number of likely N-dealkylation sites (N-methyl/N-ethyl adjacent to an activating group) is 2. The van der Waals surface area contributed by atoms with Gasteiger partial charge >= 0.3 is 0 Å². The maximum atomic E-state index is 12.4. The predicted molar refractivity (Wildman–Crippen MR) is 166 cm³/mol. The minimum absolute atomic E-state index is 0.0551. The van der Waals surface area contributed by atoms with Crippen LogP contribution in [0.1, 0.15) is 12.8 Å². The highest BCUT2D eigenvalue weighted by molar-refractivity contribution is 6.47. The van der Waals surface area contributed by atoms with Gasteiger partial charge in [0.25, 0.3) is 0 Å². The Morgan fingerprint density at radius 2 is 1.32 bits per heavy atom. The summed E-state index contributed by atoms with van der Waals surface area (Å²) in [5.74, 6) is 0.0173. The summed E-state index contributed by atoms with van der Waals surface area (Å²) >= 11 is 0. The van der Waals surface area contributed by atoms with Crippen molar-refractivity contribution in [2.24, 2.45) is 15.7 Å². The number of carbonyl (C=O) groups excluding carboxylic acids is 1. The Labute approximate surface area is 238 Å². The summed E-state index contributed by atoms with van der Waals surface area (Å²) in [4.78, 5) is 26.3. The van der Waals surface area contributed by atoms with Gasteiger partial charge in [0.05, 0.1) is 66.8 Å². The summed E-state index contributed by atoms with van der Waals surface area (Å²) in [6, 6.07) is 17.8. The van der Waals surface area contributed by atoms with Crippen LogP contribution in [-0.4, -0.2) is 107 Å². The fourth-order valence-corrected chi connectivity index (χ4v) is 5.66. The number of ketones is 1. The Morgan fingerprint density at radius 3 is 1.80 bits per heavy atom. The molecule has 5 rings (SSSR count).